The number of hydrogen-bond acceptors (Lipinski definition) is 9. The second kappa shape index (κ2) is 11.3. The first-order valence-corrected chi connectivity index (χ1v) is 9.29. The predicted octanol–water partition coefficient (Wildman–Crippen LogP) is -1.83. The molecule has 1 aromatic heterocycles. The monoisotopic (exact) mass is 384 g/mol. The number of aromatic nitrogens is 3. The largest absolute Gasteiger partial charge is 0.545 e. The molecule has 1 fully saturated rings. The third-order valence-electron chi connectivity index (χ3n) is 3.05. The number of quaternary nitrogens is 1. The minimum atomic E-state index is -1.51. The lowest BCUT2D eigenvalue weighted by molar-refractivity contribution is -0.655. The van der Waals surface area contributed by atoms with E-state index in [1.54, 1.807) is 11.8 Å². The van der Waals surface area contributed by atoms with Crippen LogP contribution in [-0.2, 0) is 9.59 Å². The first-order valence-electron chi connectivity index (χ1n) is 8.07. The highest BCUT2D eigenvalue weighted by atomic mass is 32.2. The highest BCUT2D eigenvalue weighted by Crippen LogP contribution is 2.16. The molecule has 0 amide bonds. The molecule has 0 atom stereocenters. The van der Waals surface area contributed by atoms with Crippen LogP contribution in [0.4, 0.5) is 11.9 Å². The zero-order chi connectivity index (χ0) is 19.5. The van der Waals surface area contributed by atoms with E-state index in [4.69, 9.17) is 5.11 Å². The molecule has 1 aromatic rings. The van der Waals surface area contributed by atoms with E-state index in [1.807, 2.05) is 6.26 Å². The van der Waals surface area contributed by atoms with E-state index in [1.165, 1.54) is 0 Å². The van der Waals surface area contributed by atoms with Gasteiger partial charge in [-0.2, -0.15) is 15.0 Å². The SMILES string of the molecule is CSc1nc(NC(C)C)nc(N2CC[NH2+]CC2)n1.O=C([O-])/C=C/C(=O)O. The Labute approximate surface area is 156 Å². The van der Waals surface area contributed by atoms with Crippen molar-refractivity contribution < 1.29 is 25.1 Å². The topological polar surface area (TPSA) is 148 Å². The summed E-state index contributed by atoms with van der Waals surface area (Å²) in [5.74, 6) is -1.33. The normalized spacial score (nSPS) is 14.1. The number of nitrogens with two attached hydrogens (primary N) is 1. The summed E-state index contributed by atoms with van der Waals surface area (Å²) >= 11 is 1.55. The minimum Gasteiger partial charge on any atom is -0.545 e. The molecule has 0 aliphatic carbocycles. The van der Waals surface area contributed by atoms with Crippen LogP contribution in [0.1, 0.15) is 13.8 Å². The number of anilines is 2. The van der Waals surface area contributed by atoms with Crippen molar-refractivity contribution in [1.82, 2.24) is 15.0 Å². The number of thioether (sulfide) groups is 1. The van der Waals surface area contributed by atoms with Crippen molar-refractivity contribution in [1.29, 1.82) is 0 Å². The highest BCUT2D eigenvalue weighted by Gasteiger charge is 2.17. The second-order valence-corrected chi connectivity index (χ2v) is 6.36. The van der Waals surface area contributed by atoms with Crippen LogP contribution in [0.2, 0.25) is 0 Å². The number of piperazine rings is 1. The number of hydrogen-bond donors (Lipinski definition) is 3. The molecule has 0 radical (unpaired) electrons. The van der Waals surface area contributed by atoms with Crippen molar-refractivity contribution in [2.24, 2.45) is 0 Å². The fraction of sp³-hybridized carbons (Fsp3) is 0.533. The zero-order valence-electron chi connectivity index (χ0n) is 15.0. The number of nitrogens with zero attached hydrogens (tertiary/aromatic N) is 4. The smallest absolute Gasteiger partial charge is 0.328 e. The van der Waals surface area contributed by atoms with Gasteiger partial charge in [0, 0.05) is 12.1 Å². The molecule has 4 N–H and O–H groups in total. The molecule has 26 heavy (non-hydrogen) atoms. The molecule has 2 rings (SSSR count). The molecule has 0 aromatic carbocycles. The van der Waals surface area contributed by atoms with Gasteiger partial charge in [0.15, 0.2) is 5.16 Å². The van der Waals surface area contributed by atoms with E-state index in [9.17, 15) is 14.7 Å². The average Bonchev–Trinajstić information content (AvgIpc) is 2.60. The Bertz CT molecular complexity index is 619. The molecule has 0 unspecified atom stereocenters. The van der Waals surface area contributed by atoms with Gasteiger partial charge in [0.2, 0.25) is 11.9 Å². The summed E-state index contributed by atoms with van der Waals surface area (Å²) in [5.41, 5.74) is 0. The van der Waals surface area contributed by atoms with E-state index in [0.717, 1.165) is 37.3 Å². The van der Waals surface area contributed by atoms with Crippen LogP contribution in [0.15, 0.2) is 17.3 Å². The molecule has 1 aliphatic heterocycles. The molecule has 1 aliphatic rings. The molecule has 0 saturated carbocycles. The zero-order valence-corrected chi connectivity index (χ0v) is 15.8. The van der Waals surface area contributed by atoms with Crippen LogP contribution in [-0.4, -0.2) is 70.5 Å². The van der Waals surface area contributed by atoms with Gasteiger partial charge >= 0.3 is 5.97 Å². The summed E-state index contributed by atoms with van der Waals surface area (Å²) in [6, 6.07) is 0.324. The van der Waals surface area contributed by atoms with Crippen molar-refractivity contribution in [3.63, 3.8) is 0 Å². The maximum Gasteiger partial charge on any atom is 0.328 e. The van der Waals surface area contributed by atoms with Crippen LogP contribution in [0.3, 0.4) is 0 Å². The number of carboxylic acid groups (broad SMARTS) is 2. The maximum absolute atomic E-state index is 9.53. The molecular formula is C15H24N6O4S. The molecule has 10 nitrogen and oxygen atoms in total. The summed E-state index contributed by atoms with van der Waals surface area (Å²) < 4.78 is 0. The summed E-state index contributed by atoms with van der Waals surface area (Å²) in [6.07, 6.45) is 2.93. The molecule has 11 heteroatoms. The lowest BCUT2D eigenvalue weighted by atomic mass is 10.4. The number of carbonyl (C=O) groups excluding carboxylic acids is 1. The van der Waals surface area contributed by atoms with Crippen LogP contribution >= 0.6 is 11.8 Å². The number of carbonyl (C=O) groups is 2. The average molecular weight is 384 g/mol. The van der Waals surface area contributed by atoms with Gasteiger partial charge < -0.3 is 30.5 Å². The van der Waals surface area contributed by atoms with E-state index >= 15 is 0 Å². The van der Waals surface area contributed by atoms with Crippen LogP contribution in [0.25, 0.3) is 0 Å². The van der Waals surface area contributed by atoms with Gasteiger partial charge in [0.1, 0.15) is 0 Å². The summed E-state index contributed by atoms with van der Waals surface area (Å²) in [6.45, 7) is 8.37. The lowest BCUT2D eigenvalue weighted by Crippen LogP contribution is -2.89. The van der Waals surface area contributed by atoms with Crippen molar-refractivity contribution in [3.05, 3.63) is 12.2 Å². The standard InChI is InChI=1S/C11H20N6S.C4H4O4/c1-8(2)13-9-14-10(16-11(15-9)18-3)17-6-4-12-5-7-17;5-3(6)1-2-4(7)8/h8,12H,4-7H2,1-3H3,(H,13,14,15,16);1-2H,(H,5,6)(H,7,8)/b;2-1+. The van der Waals surface area contributed by atoms with E-state index < -0.39 is 11.9 Å². The quantitative estimate of drug-likeness (QED) is 0.378. The second-order valence-electron chi connectivity index (χ2n) is 5.59. The van der Waals surface area contributed by atoms with Gasteiger partial charge in [-0.3, -0.25) is 0 Å². The van der Waals surface area contributed by atoms with Gasteiger partial charge in [-0.1, -0.05) is 11.8 Å². The van der Waals surface area contributed by atoms with E-state index in [0.29, 0.717) is 24.1 Å². The third-order valence-corrected chi connectivity index (χ3v) is 3.60. The Morgan fingerprint density at radius 2 is 1.92 bits per heavy atom. The van der Waals surface area contributed by atoms with E-state index in [-0.39, 0.29) is 0 Å². The first kappa shape index (κ1) is 21.6. The van der Waals surface area contributed by atoms with Crippen molar-refractivity contribution in [3.8, 4) is 0 Å². The Hall–Kier alpha value is -2.40. The first-order chi connectivity index (χ1) is 12.3. The molecule has 2 heterocycles. The number of carboxylic acids is 2. The summed E-state index contributed by atoms with van der Waals surface area (Å²) in [5, 5.41) is 23.6. The van der Waals surface area contributed by atoms with Crippen molar-refractivity contribution in [2.45, 2.75) is 25.0 Å². The third kappa shape index (κ3) is 8.62. The van der Waals surface area contributed by atoms with Gasteiger partial charge in [-0.25, -0.2) is 4.79 Å². The Balaban J connectivity index is 0.000000359. The Kier molecular flexibility index (Phi) is 9.37. The van der Waals surface area contributed by atoms with Gasteiger partial charge in [-0.05, 0) is 26.2 Å². The molecule has 0 spiro atoms. The minimum absolute atomic E-state index is 0.324. The van der Waals surface area contributed by atoms with Crippen molar-refractivity contribution in [2.75, 3.05) is 42.7 Å². The Morgan fingerprint density at radius 1 is 1.27 bits per heavy atom. The highest BCUT2D eigenvalue weighted by molar-refractivity contribution is 7.98. The number of nitrogens with one attached hydrogen (secondary N) is 1. The number of aliphatic carboxylic acids is 2. The maximum atomic E-state index is 9.53. The predicted molar refractivity (Wildman–Crippen MR) is 96.0 cm³/mol. The fourth-order valence-corrected chi connectivity index (χ4v) is 2.34. The fourth-order valence-electron chi connectivity index (χ4n) is 1.99. The van der Waals surface area contributed by atoms with Gasteiger partial charge in [-0.15, -0.1) is 0 Å². The number of rotatable bonds is 6. The summed E-state index contributed by atoms with van der Waals surface area (Å²) in [7, 11) is 0. The van der Waals surface area contributed by atoms with Crippen LogP contribution in [0.5, 0.6) is 0 Å². The molecular weight excluding hydrogens is 360 g/mol. The summed E-state index contributed by atoms with van der Waals surface area (Å²) in [4.78, 5) is 34.6. The molecule has 1 saturated heterocycles. The van der Waals surface area contributed by atoms with E-state index in [2.05, 4.69) is 44.3 Å². The van der Waals surface area contributed by atoms with Crippen LogP contribution < -0.4 is 20.6 Å². The Morgan fingerprint density at radius 3 is 2.38 bits per heavy atom. The molecule has 144 valence electrons. The van der Waals surface area contributed by atoms with Gasteiger partial charge in [0.05, 0.1) is 32.1 Å². The lowest BCUT2D eigenvalue weighted by Gasteiger charge is -2.25. The molecule has 0 bridgehead atoms. The van der Waals surface area contributed by atoms with Crippen molar-refractivity contribution >= 4 is 35.6 Å². The van der Waals surface area contributed by atoms with Crippen LogP contribution in [0, 0.1) is 0 Å². The van der Waals surface area contributed by atoms with Gasteiger partial charge in [0.25, 0.3) is 0 Å².